The molecule has 0 aliphatic carbocycles. The summed E-state index contributed by atoms with van der Waals surface area (Å²) in [5.74, 6) is 1.14. The SMILES string of the molecule is CCOC(=O)C[C@@H]1N=C(c2ccc(-c3nccs3)cc2)c2c(sc(C)c2C)-n2c(C)nnc21. The number of aliphatic imine (C=N–C) groups is 1. The lowest BCUT2D eigenvalue weighted by atomic mass is 9.98. The zero-order valence-electron chi connectivity index (χ0n) is 18.8. The first-order valence-electron chi connectivity index (χ1n) is 10.7. The molecular weight excluding hydrogens is 454 g/mol. The maximum atomic E-state index is 12.4. The normalized spacial score (nSPS) is 14.9. The summed E-state index contributed by atoms with van der Waals surface area (Å²) in [5, 5.41) is 12.7. The Morgan fingerprint density at radius 2 is 1.88 bits per heavy atom. The molecule has 0 saturated heterocycles. The van der Waals surface area contributed by atoms with Gasteiger partial charge in [-0.25, -0.2) is 4.98 Å². The van der Waals surface area contributed by atoms with Crippen molar-refractivity contribution in [3.8, 4) is 15.6 Å². The quantitative estimate of drug-likeness (QED) is 0.368. The standard InChI is InChI=1S/C24H23N5O2S2/c1-5-31-19(30)12-18-22-28-27-15(4)29(22)24-20(13(2)14(3)33-24)21(26-18)16-6-8-17(9-7-16)23-25-10-11-32-23/h6-11,18H,5,12H2,1-4H3/t18-/m0/s1. The number of rotatable bonds is 5. The lowest BCUT2D eigenvalue weighted by Gasteiger charge is -2.12. The molecule has 3 aromatic heterocycles. The Bertz CT molecular complexity index is 1350. The van der Waals surface area contributed by atoms with Gasteiger partial charge in [-0.3, -0.25) is 14.4 Å². The fourth-order valence-corrected chi connectivity index (χ4v) is 5.90. The predicted octanol–water partition coefficient (Wildman–Crippen LogP) is 5.22. The van der Waals surface area contributed by atoms with Gasteiger partial charge in [-0.1, -0.05) is 24.3 Å². The topological polar surface area (TPSA) is 82.3 Å². The number of ether oxygens (including phenoxy) is 1. The zero-order chi connectivity index (χ0) is 23.1. The van der Waals surface area contributed by atoms with Crippen molar-refractivity contribution < 1.29 is 9.53 Å². The first-order valence-corrected chi connectivity index (χ1v) is 12.4. The van der Waals surface area contributed by atoms with E-state index in [1.165, 1.54) is 10.4 Å². The van der Waals surface area contributed by atoms with Gasteiger partial charge in [-0.15, -0.1) is 32.9 Å². The molecule has 0 radical (unpaired) electrons. The highest BCUT2D eigenvalue weighted by Crippen LogP contribution is 2.39. The van der Waals surface area contributed by atoms with E-state index in [-0.39, 0.29) is 12.4 Å². The van der Waals surface area contributed by atoms with Crippen LogP contribution in [0, 0.1) is 20.8 Å². The van der Waals surface area contributed by atoms with Crippen LogP contribution in [0.25, 0.3) is 15.6 Å². The number of aromatic nitrogens is 4. The van der Waals surface area contributed by atoms with E-state index in [1.807, 2.05) is 23.1 Å². The number of thiazole rings is 1. The van der Waals surface area contributed by atoms with Crippen molar-refractivity contribution in [3.05, 3.63) is 69.1 Å². The number of esters is 1. The number of carbonyl (C=O) groups is 1. The Morgan fingerprint density at radius 3 is 2.58 bits per heavy atom. The van der Waals surface area contributed by atoms with Crippen LogP contribution in [-0.4, -0.2) is 38.0 Å². The smallest absolute Gasteiger partial charge is 0.308 e. The Hall–Kier alpha value is -3.17. The van der Waals surface area contributed by atoms with Crippen LogP contribution >= 0.6 is 22.7 Å². The number of fused-ring (bicyclic) bond motifs is 3. The molecule has 4 heterocycles. The summed E-state index contributed by atoms with van der Waals surface area (Å²) < 4.78 is 7.28. The van der Waals surface area contributed by atoms with E-state index < -0.39 is 6.04 Å². The summed E-state index contributed by atoms with van der Waals surface area (Å²) in [6.45, 7) is 8.31. The minimum atomic E-state index is -0.488. The monoisotopic (exact) mass is 477 g/mol. The Labute approximate surface area is 199 Å². The van der Waals surface area contributed by atoms with Crippen LogP contribution in [0.4, 0.5) is 0 Å². The highest BCUT2D eigenvalue weighted by Gasteiger charge is 2.32. The first-order chi connectivity index (χ1) is 16.0. The fourth-order valence-electron chi connectivity index (χ4n) is 4.04. The van der Waals surface area contributed by atoms with Crippen LogP contribution in [0.5, 0.6) is 0 Å². The molecule has 9 heteroatoms. The zero-order valence-corrected chi connectivity index (χ0v) is 20.5. The average molecular weight is 478 g/mol. The van der Waals surface area contributed by atoms with E-state index in [9.17, 15) is 4.79 Å². The van der Waals surface area contributed by atoms with Gasteiger partial charge < -0.3 is 4.74 Å². The van der Waals surface area contributed by atoms with E-state index in [1.54, 1.807) is 29.6 Å². The van der Waals surface area contributed by atoms with E-state index in [2.05, 4.69) is 53.3 Å². The molecule has 1 aliphatic heterocycles. The molecule has 0 amide bonds. The lowest BCUT2D eigenvalue weighted by molar-refractivity contribution is -0.143. The Balaban J connectivity index is 1.68. The van der Waals surface area contributed by atoms with Crippen LogP contribution in [0.15, 0.2) is 40.8 Å². The van der Waals surface area contributed by atoms with Gasteiger partial charge in [0, 0.05) is 33.1 Å². The number of hydrogen-bond acceptors (Lipinski definition) is 8. The van der Waals surface area contributed by atoms with E-state index in [4.69, 9.17) is 9.73 Å². The number of thiophene rings is 1. The molecule has 1 aliphatic rings. The Morgan fingerprint density at radius 1 is 1.12 bits per heavy atom. The third-order valence-corrected chi connectivity index (χ3v) is 7.76. The van der Waals surface area contributed by atoms with Crippen LogP contribution < -0.4 is 0 Å². The first kappa shape index (κ1) is 21.7. The summed E-state index contributed by atoms with van der Waals surface area (Å²) in [7, 11) is 0. The third-order valence-electron chi connectivity index (χ3n) is 5.74. The molecule has 1 atom stereocenters. The molecule has 4 aromatic rings. The average Bonchev–Trinajstić information content (AvgIpc) is 3.51. The van der Waals surface area contributed by atoms with Crippen molar-refractivity contribution in [3.63, 3.8) is 0 Å². The molecule has 0 N–H and O–H groups in total. The molecule has 33 heavy (non-hydrogen) atoms. The van der Waals surface area contributed by atoms with Gasteiger partial charge in [-0.2, -0.15) is 0 Å². The largest absolute Gasteiger partial charge is 0.466 e. The van der Waals surface area contributed by atoms with Gasteiger partial charge >= 0.3 is 5.97 Å². The van der Waals surface area contributed by atoms with Crippen LogP contribution in [0.2, 0.25) is 0 Å². The number of benzene rings is 1. The number of aryl methyl sites for hydroxylation is 2. The highest BCUT2D eigenvalue weighted by atomic mass is 32.1. The molecule has 1 aromatic carbocycles. The van der Waals surface area contributed by atoms with Gasteiger partial charge in [0.15, 0.2) is 5.82 Å². The van der Waals surface area contributed by atoms with Crippen molar-refractivity contribution in [2.45, 2.75) is 40.2 Å². The second-order valence-corrected chi connectivity index (χ2v) is 9.92. The number of hydrogen-bond donors (Lipinski definition) is 0. The van der Waals surface area contributed by atoms with Crippen LogP contribution in [0.1, 0.15) is 52.6 Å². The molecule has 0 spiro atoms. The number of nitrogens with zero attached hydrogens (tertiary/aromatic N) is 5. The highest BCUT2D eigenvalue weighted by molar-refractivity contribution is 7.15. The molecule has 0 fully saturated rings. The van der Waals surface area contributed by atoms with Crippen LogP contribution in [0.3, 0.4) is 0 Å². The molecular formula is C24H23N5O2S2. The van der Waals surface area contributed by atoms with Gasteiger partial charge in [-0.05, 0) is 33.3 Å². The Kier molecular flexibility index (Phi) is 5.67. The van der Waals surface area contributed by atoms with Crippen molar-refractivity contribution in [2.24, 2.45) is 4.99 Å². The lowest BCUT2D eigenvalue weighted by Crippen LogP contribution is -2.13. The van der Waals surface area contributed by atoms with Gasteiger partial charge in [0.05, 0.1) is 18.7 Å². The molecule has 0 bridgehead atoms. The van der Waals surface area contributed by atoms with Crippen molar-refractivity contribution in [2.75, 3.05) is 6.61 Å². The minimum absolute atomic E-state index is 0.111. The van der Waals surface area contributed by atoms with Gasteiger partial charge in [0.25, 0.3) is 0 Å². The summed E-state index contributed by atoms with van der Waals surface area (Å²) >= 11 is 3.31. The predicted molar refractivity (Wildman–Crippen MR) is 131 cm³/mol. The molecule has 0 saturated carbocycles. The summed E-state index contributed by atoms with van der Waals surface area (Å²) in [4.78, 5) is 23.2. The van der Waals surface area contributed by atoms with E-state index in [0.717, 1.165) is 38.2 Å². The molecule has 7 nitrogen and oxygen atoms in total. The fraction of sp³-hybridized carbons (Fsp3) is 0.292. The molecule has 168 valence electrons. The summed E-state index contributed by atoms with van der Waals surface area (Å²) in [6.07, 6.45) is 1.92. The van der Waals surface area contributed by atoms with Crippen molar-refractivity contribution >= 4 is 34.4 Å². The maximum Gasteiger partial charge on any atom is 0.308 e. The second-order valence-electron chi connectivity index (χ2n) is 7.82. The second kappa shape index (κ2) is 8.64. The van der Waals surface area contributed by atoms with Gasteiger partial charge in [0.1, 0.15) is 21.9 Å². The number of carbonyl (C=O) groups excluding carboxylic acids is 1. The summed E-state index contributed by atoms with van der Waals surface area (Å²) in [5.41, 5.74) is 5.15. The van der Waals surface area contributed by atoms with Crippen LogP contribution in [-0.2, 0) is 9.53 Å². The van der Waals surface area contributed by atoms with Crippen molar-refractivity contribution in [1.82, 2.24) is 19.7 Å². The maximum absolute atomic E-state index is 12.4. The van der Waals surface area contributed by atoms with Gasteiger partial charge in [0.2, 0.25) is 0 Å². The van der Waals surface area contributed by atoms with E-state index >= 15 is 0 Å². The molecule has 5 rings (SSSR count). The summed E-state index contributed by atoms with van der Waals surface area (Å²) in [6, 6.07) is 7.81. The third kappa shape index (κ3) is 3.81. The van der Waals surface area contributed by atoms with E-state index in [0.29, 0.717) is 12.4 Å². The molecule has 0 unspecified atom stereocenters. The van der Waals surface area contributed by atoms with Crippen molar-refractivity contribution in [1.29, 1.82) is 0 Å². The minimum Gasteiger partial charge on any atom is -0.466 e.